The van der Waals surface area contributed by atoms with Crippen molar-refractivity contribution in [3.05, 3.63) is 70.3 Å². The summed E-state index contributed by atoms with van der Waals surface area (Å²) in [6.45, 7) is 5.89. The van der Waals surface area contributed by atoms with Gasteiger partial charge in [0.1, 0.15) is 11.9 Å². The van der Waals surface area contributed by atoms with E-state index in [1.807, 2.05) is 57.2 Å². The average molecular weight is 376 g/mol. The Morgan fingerprint density at radius 3 is 2.57 bits per heavy atom. The van der Waals surface area contributed by atoms with Crippen molar-refractivity contribution in [3.63, 3.8) is 0 Å². The first-order chi connectivity index (χ1) is 13.2. The molecule has 142 valence electrons. The summed E-state index contributed by atoms with van der Waals surface area (Å²) in [6.07, 6.45) is 1.66. The van der Waals surface area contributed by atoms with E-state index in [1.165, 1.54) is 0 Å². The van der Waals surface area contributed by atoms with Crippen molar-refractivity contribution in [1.29, 1.82) is 5.26 Å². The smallest absolute Gasteiger partial charge is 0.252 e. The molecule has 0 spiro atoms. The highest BCUT2D eigenvalue weighted by molar-refractivity contribution is 6.01. The van der Waals surface area contributed by atoms with Crippen molar-refractivity contribution in [2.75, 3.05) is 12.4 Å². The molecule has 5 nitrogen and oxygen atoms in total. The number of hydrogen-bond donors (Lipinski definition) is 1. The topological polar surface area (TPSA) is 69.0 Å². The second-order valence-corrected chi connectivity index (χ2v) is 8.14. The summed E-state index contributed by atoms with van der Waals surface area (Å²) in [4.78, 5) is 19.4. The maximum Gasteiger partial charge on any atom is 0.252 e. The number of halogens is 1. The number of rotatable bonds is 1. The zero-order chi connectivity index (χ0) is 20.3. The van der Waals surface area contributed by atoms with Crippen LogP contribution in [0.15, 0.2) is 47.8 Å². The first-order valence-electron chi connectivity index (χ1n) is 9.15. The molecular weight excluding hydrogens is 355 g/mol. The quantitative estimate of drug-likeness (QED) is 0.824. The molecule has 1 amide bonds. The van der Waals surface area contributed by atoms with E-state index < -0.39 is 11.2 Å². The first kappa shape index (κ1) is 18.2. The molecule has 3 heterocycles. The van der Waals surface area contributed by atoms with Gasteiger partial charge in [0.25, 0.3) is 5.91 Å². The minimum atomic E-state index is -1.00. The zero-order valence-electron chi connectivity index (χ0n) is 16.3. The van der Waals surface area contributed by atoms with E-state index in [2.05, 4.69) is 10.3 Å². The van der Waals surface area contributed by atoms with Gasteiger partial charge in [-0.15, -0.1) is 0 Å². The molecule has 4 rings (SSSR count). The lowest BCUT2D eigenvalue weighted by Crippen LogP contribution is -2.54. The number of benzene rings is 1. The number of carbonyl (C=O) groups is 1. The number of pyridine rings is 1. The van der Waals surface area contributed by atoms with Crippen molar-refractivity contribution >= 4 is 11.7 Å². The number of aromatic nitrogens is 1. The number of nitrogens with zero attached hydrogens (tertiary/aromatic N) is 3. The van der Waals surface area contributed by atoms with Crippen LogP contribution in [0.2, 0.25) is 0 Å². The normalized spacial score (nSPS) is 22.9. The molecule has 2 aliphatic heterocycles. The molecule has 1 aromatic heterocycles. The van der Waals surface area contributed by atoms with E-state index in [1.54, 1.807) is 11.9 Å². The molecule has 0 unspecified atom stereocenters. The monoisotopic (exact) mass is 376 g/mol. The number of likely N-dealkylation sites (N-methyl/N-ethyl adjacent to an activating group) is 1. The molecule has 2 aromatic rings. The van der Waals surface area contributed by atoms with Crippen LogP contribution in [0.1, 0.15) is 43.9 Å². The highest BCUT2D eigenvalue weighted by Crippen LogP contribution is 2.51. The minimum Gasteiger partial charge on any atom is -0.343 e. The molecule has 28 heavy (non-hydrogen) atoms. The van der Waals surface area contributed by atoms with Crippen molar-refractivity contribution in [1.82, 2.24) is 9.88 Å². The Labute approximate surface area is 163 Å². The fourth-order valence-corrected chi connectivity index (χ4v) is 4.34. The third-order valence-corrected chi connectivity index (χ3v) is 6.10. The molecule has 0 saturated heterocycles. The predicted octanol–water partition coefficient (Wildman–Crippen LogP) is 3.72. The number of anilines is 1. The highest BCUT2D eigenvalue weighted by Gasteiger charge is 2.51. The number of fused-ring (bicyclic) bond motifs is 1. The maximum absolute atomic E-state index is 14.5. The summed E-state index contributed by atoms with van der Waals surface area (Å²) in [5, 5.41) is 12.9. The molecule has 1 atom stereocenters. The van der Waals surface area contributed by atoms with Gasteiger partial charge in [-0.05, 0) is 26.3 Å². The highest BCUT2D eigenvalue weighted by atomic mass is 19.1. The van der Waals surface area contributed by atoms with Crippen molar-refractivity contribution in [2.45, 2.75) is 38.1 Å². The summed E-state index contributed by atoms with van der Waals surface area (Å²) in [6, 6.07) is 11.4. The van der Waals surface area contributed by atoms with Gasteiger partial charge in [-0.25, -0.2) is 9.37 Å². The maximum atomic E-state index is 14.5. The van der Waals surface area contributed by atoms with Crippen LogP contribution in [0.3, 0.4) is 0 Å². The van der Waals surface area contributed by atoms with E-state index in [4.69, 9.17) is 0 Å². The average Bonchev–Trinajstić information content (AvgIpc) is 2.67. The summed E-state index contributed by atoms with van der Waals surface area (Å²) >= 11 is 0. The summed E-state index contributed by atoms with van der Waals surface area (Å²) < 4.78 is 14.5. The molecule has 6 heteroatoms. The third kappa shape index (κ3) is 2.29. The predicted molar refractivity (Wildman–Crippen MR) is 104 cm³/mol. The van der Waals surface area contributed by atoms with Crippen LogP contribution in [0.25, 0.3) is 0 Å². The van der Waals surface area contributed by atoms with Gasteiger partial charge in [-0.2, -0.15) is 5.26 Å². The van der Waals surface area contributed by atoms with Crippen LogP contribution in [0.4, 0.5) is 10.2 Å². The van der Waals surface area contributed by atoms with Crippen LogP contribution in [-0.4, -0.2) is 28.4 Å². The van der Waals surface area contributed by atoms with Crippen LogP contribution in [0, 0.1) is 17.1 Å². The standard InChI is InChI=1S/C22H21FN4O/c1-21(2)10-16-18(20(28)27(21)4)22(3,13-8-6-5-7-9-13)17-14(11-24)15(23)12-25-19(17)26-16/h5-9,12H,10H2,1-4H3,(H,25,26)/t22-/m0/s1. The Morgan fingerprint density at radius 2 is 1.93 bits per heavy atom. The van der Waals surface area contributed by atoms with Crippen molar-refractivity contribution in [2.24, 2.45) is 0 Å². The van der Waals surface area contributed by atoms with E-state index in [-0.39, 0.29) is 17.0 Å². The molecule has 1 N–H and O–H groups in total. The molecule has 2 aliphatic rings. The minimum absolute atomic E-state index is 0.0873. The molecule has 0 fully saturated rings. The van der Waals surface area contributed by atoms with Crippen LogP contribution in [-0.2, 0) is 10.2 Å². The zero-order valence-corrected chi connectivity index (χ0v) is 16.3. The Hall–Kier alpha value is -3.20. The third-order valence-electron chi connectivity index (χ3n) is 6.10. The first-order valence-corrected chi connectivity index (χ1v) is 9.15. The van der Waals surface area contributed by atoms with Crippen molar-refractivity contribution in [3.8, 4) is 6.07 Å². The van der Waals surface area contributed by atoms with E-state index in [9.17, 15) is 14.4 Å². The van der Waals surface area contributed by atoms with Crippen LogP contribution in [0.5, 0.6) is 0 Å². The second-order valence-electron chi connectivity index (χ2n) is 8.14. The van der Waals surface area contributed by atoms with E-state index >= 15 is 0 Å². The lowest BCUT2D eigenvalue weighted by molar-refractivity contribution is -0.132. The summed E-state index contributed by atoms with van der Waals surface area (Å²) in [5.41, 5.74) is 1.06. The molecule has 0 aliphatic carbocycles. The largest absolute Gasteiger partial charge is 0.343 e. The van der Waals surface area contributed by atoms with Gasteiger partial charge < -0.3 is 10.2 Å². The molecular formula is C22H21FN4O. The fourth-order valence-electron chi connectivity index (χ4n) is 4.34. The summed E-state index contributed by atoms with van der Waals surface area (Å²) in [7, 11) is 1.78. The van der Waals surface area contributed by atoms with Gasteiger partial charge in [0, 0.05) is 30.3 Å². The Balaban J connectivity index is 2.11. The Morgan fingerprint density at radius 1 is 1.25 bits per heavy atom. The number of amides is 1. The van der Waals surface area contributed by atoms with E-state index in [0.717, 1.165) is 17.5 Å². The van der Waals surface area contributed by atoms with Gasteiger partial charge in [0.15, 0.2) is 5.82 Å². The van der Waals surface area contributed by atoms with Crippen LogP contribution >= 0.6 is 0 Å². The second kappa shape index (κ2) is 5.90. The Bertz CT molecular complexity index is 1070. The van der Waals surface area contributed by atoms with Gasteiger partial charge in [-0.3, -0.25) is 4.79 Å². The molecule has 0 saturated carbocycles. The van der Waals surface area contributed by atoms with E-state index in [0.29, 0.717) is 23.4 Å². The Kier molecular flexibility index (Phi) is 3.83. The van der Waals surface area contributed by atoms with Gasteiger partial charge in [-0.1, -0.05) is 30.3 Å². The van der Waals surface area contributed by atoms with Gasteiger partial charge >= 0.3 is 0 Å². The number of carbonyl (C=O) groups excluding carboxylic acids is 1. The number of hydrogen-bond acceptors (Lipinski definition) is 4. The van der Waals surface area contributed by atoms with Gasteiger partial charge in [0.2, 0.25) is 0 Å². The SMILES string of the molecule is CN1C(=O)C2=C(CC1(C)C)Nc1ncc(F)c(C#N)c1[C@]2(C)c1ccccc1. The lowest BCUT2D eigenvalue weighted by atomic mass is 9.64. The van der Waals surface area contributed by atoms with Crippen LogP contribution < -0.4 is 5.32 Å². The fraction of sp³-hybridized carbons (Fsp3) is 0.318. The lowest BCUT2D eigenvalue weighted by Gasteiger charge is -2.49. The molecule has 0 radical (unpaired) electrons. The van der Waals surface area contributed by atoms with Gasteiger partial charge in [0.05, 0.1) is 22.7 Å². The summed E-state index contributed by atoms with van der Waals surface area (Å²) in [5.74, 6) is -0.397. The van der Waals surface area contributed by atoms with Crippen molar-refractivity contribution < 1.29 is 9.18 Å². The number of nitriles is 1. The molecule has 0 bridgehead atoms. The molecule has 1 aromatic carbocycles. The number of nitrogens with one attached hydrogen (secondary N) is 1.